The average Bonchev–Trinajstić information content (AvgIpc) is 2.58. The van der Waals surface area contributed by atoms with E-state index < -0.39 is 17.5 Å². The third kappa shape index (κ3) is 6.05. The molecule has 0 radical (unpaired) electrons. The van der Waals surface area contributed by atoms with Crippen molar-refractivity contribution < 1.29 is 18.4 Å². The van der Waals surface area contributed by atoms with E-state index in [1.165, 1.54) is 0 Å². The van der Waals surface area contributed by atoms with Gasteiger partial charge in [0.15, 0.2) is 0 Å². The number of hydrogen-bond donors (Lipinski definition) is 2. The van der Waals surface area contributed by atoms with Gasteiger partial charge >= 0.3 is 0 Å². The number of rotatable bonds is 7. The summed E-state index contributed by atoms with van der Waals surface area (Å²) in [6.07, 6.45) is 4.98. The zero-order valence-electron chi connectivity index (χ0n) is 15.4. The number of carbonyl (C=O) groups excluding carboxylic acids is 2. The van der Waals surface area contributed by atoms with E-state index in [0.717, 1.165) is 37.8 Å². The molecule has 1 aromatic carbocycles. The summed E-state index contributed by atoms with van der Waals surface area (Å²) in [5.74, 6) is -2.26. The normalized spacial score (nSPS) is 20.0. The maximum Gasteiger partial charge on any atom is 0.254 e. The van der Waals surface area contributed by atoms with E-state index in [-0.39, 0.29) is 24.1 Å². The summed E-state index contributed by atoms with van der Waals surface area (Å²) in [6, 6.07) is 3.52. The molecule has 2 rings (SSSR count). The molecule has 1 aliphatic rings. The summed E-state index contributed by atoms with van der Waals surface area (Å²) in [4.78, 5) is 26.1. The fourth-order valence-electron chi connectivity index (χ4n) is 3.28. The van der Waals surface area contributed by atoms with Gasteiger partial charge in [-0.25, -0.2) is 8.78 Å². The Bertz CT molecular complexity index is 637. The van der Waals surface area contributed by atoms with Crippen LogP contribution in [-0.2, 0) is 4.79 Å². The standard InChI is InChI=1S/C19H27F2N3O2/c1-24(2)15-6-3-5-14(12-15)23-18(25)7-4-10-22-19(26)16-9-8-13(20)11-17(16)21/h8-9,11,14-15H,3-7,10,12H2,1-2H3,(H,22,26)(H,23,25)/t14-,15+/m1/s1. The predicted molar refractivity (Wildman–Crippen MR) is 95.8 cm³/mol. The Morgan fingerprint density at radius 1 is 1.23 bits per heavy atom. The Morgan fingerprint density at radius 3 is 2.69 bits per heavy atom. The topological polar surface area (TPSA) is 61.4 Å². The summed E-state index contributed by atoms with van der Waals surface area (Å²) >= 11 is 0. The van der Waals surface area contributed by atoms with E-state index in [0.29, 0.717) is 24.9 Å². The lowest BCUT2D eigenvalue weighted by Crippen LogP contribution is -2.43. The van der Waals surface area contributed by atoms with E-state index in [9.17, 15) is 18.4 Å². The van der Waals surface area contributed by atoms with Crippen LogP contribution in [0.3, 0.4) is 0 Å². The number of nitrogens with zero attached hydrogens (tertiary/aromatic N) is 1. The first-order valence-corrected chi connectivity index (χ1v) is 9.06. The van der Waals surface area contributed by atoms with Crippen LogP contribution >= 0.6 is 0 Å². The molecule has 0 aliphatic heterocycles. The summed E-state index contributed by atoms with van der Waals surface area (Å²) in [5.41, 5.74) is -0.201. The molecule has 2 amide bonds. The van der Waals surface area contributed by atoms with Crippen molar-refractivity contribution in [3.05, 3.63) is 35.4 Å². The van der Waals surface area contributed by atoms with Crippen molar-refractivity contribution in [1.82, 2.24) is 15.5 Å². The molecule has 1 fully saturated rings. The maximum atomic E-state index is 13.5. The lowest BCUT2D eigenvalue weighted by Gasteiger charge is -2.33. The molecule has 0 bridgehead atoms. The number of nitrogens with one attached hydrogen (secondary N) is 2. The maximum absolute atomic E-state index is 13.5. The lowest BCUT2D eigenvalue weighted by atomic mass is 9.90. The number of hydrogen-bond acceptors (Lipinski definition) is 3. The second-order valence-corrected chi connectivity index (χ2v) is 7.03. The van der Waals surface area contributed by atoms with Crippen molar-refractivity contribution in [2.24, 2.45) is 0 Å². The van der Waals surface area contributed by atoms with Gasteiger partial charge < -0.3 is 15.5 Å². The van der Waals surface area contributed by atoms with Gasteiger partial charge in [0.2, 0.25) is 5.91 Å². The lowest BCUT2D eigenvalue weighted by molar-refractivity contribution is -0.122. The van der Waals surface area contributed by atoms with E-state index in [2.05, 4.69) is 29.6 Å². The molecule has 2 N–H and O–H groups in total. The Balaban J connectivity index is 1.67. The smallest absolute Gasteiger partial charge is 0.254 e. The molecular weight excluding hydrogens is 340 g/mol. The SMILES string of the molecule is CN(C)[C@H]1CCC[C@@H](NC(=O)CCCNC(=O)c2ccc(F)cc2F)C1. The van der Waals surface area contributed by atoms with Crippen LogP contribution in [0.15, 0.2) is 18.2 Å². The number of halogens is 2. The molecule has 0 spiro atoms. The first-order chi connectivity index (χ1) is 12.4. The monoisotopic (exact) mass is 367 g/mol. The molecule has 2 atom stereocenters. The highest BCUT2D eigenvalue weighted by atomic mass is 19.1. The summed E-state index contributed by atoms with van der Waals surface area (Å²) in [6.45, 7) is 0.258. The molecule has 1 aromatic rings. The second kappa shape index (κ2) is 9.62. The molecule has 144 valence electrons. The summed E-state index contributed by atoms with van der Waals surface area (Å²) in [7, 11) is 4.11. The molecule has 1 aliphatic carbocycles. The van der Waals surface area contributed by atoms with Crippen LogP contribution in [-0.4, -0.2) is 49.4 Å². The van der Waals surface area contributed by atoms with E-state index >= 15 is 0 Å². The highest BCUT2D eigenvalue weighted by Gasteiger charge is 2.24. The molecule has 0 unspecified atom stereocenters. The second-order valence-electron chi connectivity index (χ2n) is 7.03. The van der Waals surface area contributed by atoms with Crippen molar-refractivity contribution >= 4 is 11.8 Å². The van der Waals surface area contributed by atoms with Crippen molar-refractivity contribution in [3.63, 3.8) is 0 Å². The van der Waals surface area contributed by atoms with Gasteiger partial charge in [-0.05, 0) is 58.3 Å². The van der Waals surface area contributed by atoms with Crippen molar-refractivity contribution in [3.8, 4) is 0 Å². The summed E-state index contributed by atoms with van der Waals surface area (Å²) < 4.78 is 26.4. The molecular formula is C19H27F2N3O2. The van der Waals surface area contributed by atoms with E-state index in [1.54, 1.807) is 0 Å². The minimum absolute atomic E-state index is 0.0309. The highest BCUT2D eigenvalue weighted by molar-refractivity contribution is 5.94. The predicted octanol–water partition coefficient (Wildman–Crippen LogP) is 2.46. The molecule has 0 heterocycles. The Hall–Kier alpha value is -2.02. The fourth-order valence-corrected chi connectivity index (χ4v) is 3.28. The molecule has 0 aromatic heterocycles. The van der Waals surface area contributed by atoms with Crippen LogP contribution in [0.1, 0.15) is 48.9 Å². The molecule has 5 nitrogen and oxygen atoms in total. The summed E-state index contributed by atoms with van der Waals surface area (Å²) in [5, 5.41) is 5.61. The Kier molecular flexibility index (Phi) is 7.50. The first-order valence-electron chi connectivity index (χ1n) is 9.06. The van der Waals surface area contributed by atoms with Gasteiger partial charge in [-0.2, -0.15) is 0 Å². The Morgan fingerprint density at radius 2 is 2.00 bits per heavy atom. The van der Waals surface area contributed by atoms with Crippen molar-refractivity contribution in [2.45, 2.75) is 50.6 Å². The number of amides is 2. The van der Waals surface area contributed by atoms with E-state index in [4.69, 9.17) is 0 Å². The van der Waals surface area contributed by atoms with Gasteiger partial charge in [0.1, 0.15) is 11.6 Å². The Labute approximate surface area is 153 Å². The number of benzene rings is 1. The van der Waals surface area contributed by atoms with Gasteiger partial charge in [0.25, 0.3) is 5.91 Å². The zero-order chi connectivity index (χ0) is 19.1. The third-order valence-electron chi connectivity index (χ3n) is 4.78. The van der Waals surface area contributed by atoms with Crippen LogP contribution in [0.25, 0.3) is 0 Å². The largest absolute Gasteiger partial charge is 0.353 e. The minimum atomic E-state index is -0.895. The zero-order valence-corrected chi connectivity index (χ0v) is 15.4. The molecule has 1 saturated carbocycles. The van der Waals surface area contributed by atoms with Crippen LogP contribution in [0, 0.1) is 11.6 Å². The first kappa shape index (κ1) is 20.3. The van der Waals surface area contributed by atoms with Crippen LogP contribution in [0.4, 0.5) is 8.78 Å². The quantitative estimate of drug-likeness (QED) is 0.728. The van der Waals surface area contributed by atoms with Gasteiger partial charge in [0.05, 0.1) is 5.56 Å². The minimum Gasteiger partial charge on any atom is -0.353 e. The average molecular weight is 367 g/mol. The van der Waals surface area contributed by atoms with Crippen molar-refractivity contribution in [1.29, 1.82) is 0 Å². The van der Waals surface area contributed by atoms with Crippen LogP contribution in [0.5, 0.6) is 0 Å². The van der Waals surface area contributed by atoms with Gasteiger partial charge in [-0.15, -0.1) is 0 Å². The number of carbonyl (C=O) groups is 2. The van der Waals surface area contributed by atoms with Gasteiger partial charge in [0, 0.05) is 31.1 Å². The van der Waals surface area contributed by atoms with Crippen LogP contribution < -0.4 is 10.6 Å². The molecule has 7 heteroatoms. The fraction of sp³-hybridized carbons (Fsp3) is 0.579. The van der Waals surface area contributed by atoms with Gasteiger partial charge in [-0.1, -0.05) is 0 Å². The van der Waals surface area contributed by atoms with Gasteiger partial charge in [-0.3, -0.25) is 9.59 Å². The highest BCUT2D eigenvalue weighted by Crippen LogP contribution is 2.21. The molecule has 0 saturated heterocycles. The van der Waals surface area contributed by atoms with Crippen molar-refractivity contribution in [2.75, 3.05) is 20.6 Å². The van der Waals surface area contributed by atoms with E-state index in [1.807, 2.05) is 0 Å². The molecule has 26 heavy (non-hydrogen) atoms. The third-order valence-corrected chi connectivity index (χ3v) is 4.78. The van der Waals surface area contributed by atoms with Crippen LogP contribution in [0.2, 0.25) is 0 Å².